The minimum Gasteiger partial charge on any atom is -0.463 e. The lowest BCUT2D eigenvalue weighted by Crippen LogP contribution is -2.60. The van der Waals surface area contributed by atoms with E-state index in [0.717, 1.165) is 16.8 Å². The van der Waals surface area contributed by atoms with Crippen LogP contribution in [0.3, 0.4) is 0 Å². The molecule has 36 heavy (non-hydrogen) atoms. The molecule has 0 saturated heterocycles. The summed E-state index contributed by atoms with van der Waals surface area (Å²) < 4.78 is 6.81. The second-order valence-electron chi connectivity index (χ2n) is 9.90. The number of fused-ring (bicyclic) bond motifs is 4. The molecule has 1 unspecified atom stereocenters. The summed E-state index contributed by atoms with van der Waals surface area (Å²) >= 11 is 0. The molecule has 0 saturated carbocycles. The number of nitro groups is 1. The van der Waals surface area contributed by atoms with Crippen LogP contribution in [0.5, 0.6) is 5.75 Å². The number of ether oxygens (including phenoxy) is 1. The Balaban J connectivity index is 1.42. The van der Waals surface area contributed by atoms with Crippen LogP contribution in [0.25, 0.3) is 17.2 Å². The average Bonchev–Trinajstić information content (AvgIpc) is 3.10. The maximum Gasteiger partial charge on any atom is 0.270 e. The molecule has 0 aliphatic carbocycles. The van der Waals surface area contributed by atoms with E-state index in [-0.39, 0.29) is 16.0 Å². The molecule has 0 N–H and O–H groups in total. The van der Waals surface area contributed by atoms with Crippen LogP contribution in [0.1, 0.15) is 30.5 Å². The lowest BCUT2D eigenvalue weighted by atomic mass is 9.76. The van der Waals surface area contributed by atoms with Crippen LogP contribution in [0.2, 0.25) is 0 Å². The van der Waals surface area contributed by atoms with Crippen LogP contribution >= 0.6 is 0 Å². The predicted molar refractivity (Wildman–Crippen MR) is 143 cm³/mol. The van der Waals surface area contributed by atoms with Crippen LogP contribution in [0.4, 0.5) is 11.4 Å². The molecular formula is C31H26N2O3. The molecule has 178 valence electrons. The number of benzene rings is 4. The van der Waals surface area contributed by atoms with Gasteiger partial charge in [-0.05, 0) is 54.3 Å². The zero-order valence-electron chi connectivity index (χ0n) is 20.2. The maximum atomic E-state index is 11.4. The van der Waals surface area contributed by atoms with Gasteiger partial charge in [0.2, 0.25) is 5.72 Å². The molecule has 0 aromatic heterocycles. The van der Waals surface area contributed by atoms with Crippen molar-refractivity contribution < 1.29 is 9.66 Å². The van der Waals surface area contributed by atoms with Gasteiger partial charge in [0.1, 0.15) is 5.75 Å². The molecule has 0 amide bonds. The van der Waals surface area contributed by atoms with Crippen LogP contribution in [0, 0.1) is 10.1 Å². The molecule has 2 heterocycles. The minimum atomic E-state index is -0.780. The normalized spacial score (nSPS) is 19.3. The highest BCUT2D eigenvalue weighted by Gasteiger charge is 2.59. The molecule has 5 heteroatoms. The summed E-state index contributed by atoms with van der Waals surface area (Å²) in [4.78, 5) is 13.3. The summed E-state index contributed by atoms with van der Waals surface area (Å²) in [5.74, 6) is 0.682. The number of para-hydroxylation sites is 1. The van der Waals surface area contributed by atoms with Gasteiger partial charge in [0.25, 0.3) is 5.69 Å². The van der Waals surface area contributed by atoms with Crippen molar-refractivity contribution in [3.8, 4) is 16.9 Å². The molecule has 2 aliphatic rings. The van der Waals surface area contributed by atoms with E-state index < -0.39 is 5.72 Å². The Kier molecular flexibility index (Phi) is 4.97. The fourth-order valence-electron chi connectivity index (χ4n) is 5.53. The molecule has 0 fully saturated rings. The molecule has 2 aliphatic heterocycles. The fraction of sp³-hybridized carbons (Fsp3) is 0.161. The number of hydrogen-bond acceptors (Lipinski definition) is 4. The van der Waals surface area contributed by atoms with Crippen LogP contribution in [0.15, 0.2) is 103 Å². The third-order valence-corrected chi connectivity index (χ3v) is 7.53. The van der Waals surface area contributed by atoms with Gasteiger partial charge in [-0.15, -0.1) is 0 Å². The zero-order chi connectivity index (χ0) is 24.9. The summed E-state index contributed by atoms with van der Waals surface area (Å²) in [5.41, 5.74) is 5.45. The lowest BCUT2D eigenvalue weighted by Gasteiger charge is -2.48. The van der Waals surface area contributed by atoms with Gasteiger partial charge in [0, 0.05) is 23.4 Å². The molecule has 4 aromatic rings. The van der Waals surface area contributed by atoms with Crippen molar-refractivity contribution in [2.24, 2.45) is 0 Å². The second-order valence-corrected chi connectivity index (χ2v) is 9.90. The van der Waals surface area contributed by atoms with Gasteiger partial charge in [-0.3, -0.25) is 10.1 Å². The first-order chi connectivity index (χ1) is 17.4. The number of nitro benzene ring substituents is 1. The van der Waals surface area contributed by atoms with E-state index >= 15 is 0 Å². The number of nitrogens with zero attached hydrogens (tertiary/aromatic N) is 2. The third-order valence-electron chi connectivity index (χ3n) is 7.53. The second kappa shape index (κ2) is 8.09. The maximum absolute atomic E-state index is 11.4. The van der Waals surface area contributed by atoms with Crippen LogP contribution < -0.4 is 9.64 Å². The lowest BCUT2D eigenvalue weighted by molar-refractivity contribution is -0.385. The molecule has 1 atom stereocenters. The van der Waals surface area contributed by atoms with Crippen molar-refractivity contribution in [1.82, 2.24) is 0 Å². The summed E-state index contributed by atoms with van der Waals surface area (Å²) in [5, 5.41) is 11.4. The highest BCUT2D eigenvalue weighted by Crippen LogP contribution is 2.56. The fourth-order valence-corrected chi connectivity index (χ4v) is 5.53. The Bertz CT molecular complexity index is 1490. The minimum absolute atomic E-state index is 0.0747. The Morgan fingerprint density at radius 2 is 1.58 bits per heavy atom. The summed E-state index contributed by atoms with van der Waals surface area (Å²) in [6.07, 6.45) is 4.26. The van der Waals surface area contributed by atoms with Gasteiger partial charge < -0.3 is 9.64 Å². The van der Waals surface area contributed by atoms with Crippen molar-refractivity contribution in [3.63, 3.8) is 0 Å². The molecular weight excluding hydrogens is 448 g/mol. The summed E-state index contributed by atoms with van der Waals surface area (Å²) in [6.45, 7) is 4.92. The SMILES string of the molecule is CC1(C)c2ccccc2N2Cc3cc([N+](=O)[O-])ccc3OC21/C=C/c1ccc(-c2ccccc2)cc1. The van der Waals surface area contributed by atoms with E-state index in [9.17, 15) is 10.1 Å². The largest absolute Gasteiger partial charge is 0.463 e. The predicted octanol–water partition coefficient (Wildman–Crippen LogP) is 7.36. The van der Waals surface area contributed by atoms with E-state index in [0.29, 0.717) is 12.3 Å². The molecule has 0 radical (unpaired) electrons. The van der Waals surface area contributed by atoms with Gasteiger partial charge in [-0.25, -0.2) is 0 Å². The highest BCUT2D eigenvalue weighted by atomic mass is 16.6. The quantitative estimate of drug-likeness (QED) is 0.229. The van der Waals surface area contributed by atoms with Gasteiger partial charge in [0.15, 0.2) is 0 Å². The van der Waals surface area contributed by atoms with Crippen molar-refractivity contribution in [3.05, 3.63) is 130 Å². The number of anilines is 1. The van der Waals surface area contributed by atoms with Gasteiger partial charge in [0.05, 0.1) is 16.9 Å². The average molecular weight is 475 g/mol. The molecule has 4 aromatic carbocycles. The topological polar surface area (TPSA) is 55.6 Å². The Morgan fingerprint density at radius 3 is 2.33 bits per heavy atom. The molecule has 0 bridgehead atoms. The van der Waals surface area contributed by atoms with Crippen LogP contribution in [-0.4, -0.2) is 10.6 Å². The smallest absolute Gasteiger partial charge is 0.270 e. The standard InChI is InChI=1S/C31H26N2O3/c1-30(2)27-10-6-7-11-28(27)32-21-25-20-26(33(34)35)16-17-29(25)36-31(30,32)19-18-22-12-14-24(15-13-22)23-8-4-3-5-9-23/h3-20H,21H2,1-2H3/b19-18+. The zero-order valence-corrected chi connectivity index (χ0v) is 20.2. The van der Waals surface area contributed by atoms with E-state index in [1.807, 2.05) is 24.3 Å². The van der Waals surface area contributed by atoms with Crippen LogP contribution in [-0.2, 0) is 12.0 Å². The Morgan fingerprint density at radius 1 is 0.889 bits per heavy atom. The number of hydrogen-bond donors (Lipinski definition) is 0. The van der Waals surface area contributed by atoms with Crippen molar-refractivity contribution in [1.29, 1.82) is 0 Å². The Hall–Kier alpha value is -4.38. The van der Waals surface area contributed by atoms with E-state index in [2.05, 4.69) is 85.5 Å². The van der Waals surface area contributed by atoms with Gasteiger partial charge in [-0.1, -0.05) is 78.9 Å². The molecule has 5 nitrogen and oxygen atoms in total. The van der Waals surface area contributed by atoms with Crippen molar-refractivity contribution >= 4 is 17.5 Å². The van der Waals surface area contributed by atoms with E-state index in [4.69, 9.17) is 4.74 Å². The Labute approximate surface area is 210 Å². The van der Waals surface area contributed by atoms with Gasteiger partial charge in [-0.2, -0.15) is 0 Å². The van der Waals surface area contributed by atoms with E-state index in [1.54, 1.807) is 12.1 Å². The first-order valence-electron chi connectivity index (χ1n) is 12.1. The summed E-state index contributed by atoms with van der Waals surface area (Å²) in [6, 6.07) is 32.0. The first kappa shape index (κ1) is 22.1. The monoisotopic (exact) mass is 474 g/mol. The summed E-state index contributed by atoms with van der Waals surface area (Å²) in [7, 11) is 0. The van der Waals surface area contributed by atoms with Crippen molar-refractivity contribution in [2.75, 3.05) is 4.90 Å². The van der Waals surface area contributed by atoms with Gasteiger partial charge >= 0.3 is 0 Å². The number of rotatable bonds is 4. The highest BCUT2D eigenvalue weighted by molar-refractivity contribution is 5.72. The molecule has 0 spiro atoms. The number of non-ortho nitro benzene ring substituents is 1. The third kappa shape index (κ3) is 3.31. The van der Waals surface area contributed by atoms with E-state index in [1.165, 1.54) is 22.8 Å². The molecule has 6 rings (SSSR count). The van der Waals surface area contributed by atoms with Crippen molar-refractivity contribution in [2.45, 2.75) is 31.5 Å². The first-order valence-corrected chi connectivity index (χ1v) is 12.1.